The smallest absolute Gasteiger partial charge is 0.340 e. The lowest BCUT2D eigenvalue weighted by Crippen LogP contribution is -2.56. The predicted molar refractivity (Wildman–Crippen MR) is 128 cm³/mol. The van der Waals surface area contributed by atoms with Gasteiger partial charge in [-0.15, -0.1) is 0 Å². The van der Waals surface area contributed by atoms with Crippen LogP contribution in [0.3, 0.4) is 0 Å². The van der Waals surface area contributed by atoms with E-state index in [1.54, 1.807) is 0 Å². The minimum atomic E-state index is -6.39. The van der Waals surface area contributed by atoms with Crippen LogP contribution in [0.1, 0.15) is 17.5 Å². The average Bonchev–Trinajstić information content (AvgIpc) is 3.28. The SMILES string of the molecule is CS(=O)(=O)N1CC(C(=O)N2CC[C@](c3ccc(C(F)(C(F)(F)F)C(F)(F)F)cc3)(S(=O)(=O)c3ccc(F)cc3)C2)C1. The average molecular weight is 635 g/mol. The molecule has 0 spiro atoms. The standard InChI is InChI=1S/C24H22F8N2O5S2/c1-40(36,37)34-12-15(13-34)20(35)33-11-10-21(14-33,41(38,39)19-8-6-18(25)7-9-19)16-2-4-17(5-3-16)22(26,23(27,28)29)24(30,31)32/h2-9,15H,10-14H2,1H3/t21-/m0/s1. The van der Waals surface area contributed by atoms with Gasteiger partial charge in [-0.2, -0.15) is 26.3 Å². The highest BCUT2D eigenvalue weighted by molar-refractivity contribution is 7.92. The van der Waals surface area contributed by atoms with Crippen molar-refractivity contribution in [3.05, 3.63) is 65.5 Å². The Morgan fingerprint density at radius 3 is 1.83 bits per heavy atom. The first kappa shape index (κ1) is 31.2. The number of nitrogens with zero attached hydrogens (tertiary/aromatic N) is 2. The van der Waals surface area contributed by atoms with Crippen LogP contribution in [0.15, 0.2) is 53.4 Å². The molecule has 0 bridgehead atoms. The summed E-state index contributed by atoms with van der Waals surface area (Å²) in [5.41, 5.74) is -7.88. The Morgan fingerprint density at radius 1 is 0.854 bits per heavy atom. The van der Waals surface area contributed by atoms with E-state index in [2.05, 4.69) is 0 Å². The third kappa shape index (κ3) is 5.09. The predicted octanol–water partition coefficient (Wildman–Crippen LogP) is 3.91. The fourth-order valence-corrected chi connectivity index (χ4v) is 8.01. The van der Waals surface area contributed by atoms with Crippen molar-refractivity contribution >= 4 is 25.8 Å². The molecular weight excluding hydrogens is 612 g/mol. The van der Waals surface area contributed by atoms with Crippen molar-refractivity contribution < 1.29 is 56.8 Å². The highest BCUT2D eigenvalue weighted by atomic mass is 32.2. The van der Waals surface area contributed by atoms with Gasteiger partial charge in [0.15, 0.2) is 9.84 Å². The maximum atomic E-state index is 14.6. The maximum absolute atomic E-state index is 14.6. The number of carbonyl (C=O) groups is 1. The summed E-state index contributed by atoms with van der Waals surface area (Å²) in [4.78, 5) is 13.8. The van der Waals surface area contributed by atoms with Crippen LogP contribution in [0, 0.1) is 11.7 Å². The first-order valence-corrected chi connectivity index (χ1v) is 15.2. The van der Waals surface area contributed by atoms with Crippen LogP contribution in [0.2, 0.25) is 0 Å². The molecular formula is C24H22F8N2O5S2. The van der Waals surface area contributed by atoms with Gasteiger partial charge in [-0.3, -0.25) is 4.79 Å². The summed E-state index contributed by atoms with van der Waals surface area (Å²) in [6, 6.07) is 5.15. The monoisotopic (exact) mass is 634 g/mol. The van der Waals surface area contributed by atoms with E-state index in [0.717, 1.165) is 39.7 Å². The van der Waals surface area contributed by atoms with Crippen molar-refractivity contribution in [2.75, 3.05) is 32.4 Å². The number of sulfone groups is 1. The Kier molecular flexibility index (Phi) is 7.52. The highest BCUT2D eigenvalue weighted by Crippen LogP contribution is 2.54. The zero-order chi connectivity index (χ0) is 30.8. The first-order chi connectivity index (χ1) is 18.6. The summed E-state index contributed by atoms with van der Waals surface area (Å²) < 4.78 is 158. The van der Waals surface area contributed by atoms with Gasteiger partial charge in [0.2, 0.25) is 15.9 Å². The fourth-order valence-electron chi connectivity index (χ4n) is 5.03. The normalized spacial score (nSPS) is 21.6. The molecule has 0 aromatic heterocycles. The Balaban J connectivity index is 1.76. The second-order valence-corrected chi connectivity index (χ2v) is 14.2. The molecule has 2 saturated heterocycles. The van der Waals surface area contributed by atoms with Crippen LogP contribution in [0.5, 0.6) is 0 Å². The van der Waals surface area contributed by atoms with E-state index in [0.29, 0.717) is 12.1 Å². The lowest BCUT2D eigenvalue weighted by molar-refractivity contribution is -0.348. The van der Waals surface area contributed by atoms with Gasteiger partial charge in [-0.05, 0) is 36.2 Å². The van der Waals surface area contributed by atoms with Crippen LogP contribution in [-0.2, 0) is 35.1 Å². The summed E-state index contributed by atoms with van der Waals surface area (Å²) >= 11 is 0. The molecule has 41 heavy (non-hydrogen) atoms. The molecule has 226 valence electrons. The molecule has 7 nitrogen and oxygen atoms in total. The molecule has 4 rings (SSSR count). The lowest BCUT2D eigenvalue weighted by Gasteiger charge is -2.38. The summed E-state index contributed by atoms with van der Waals surface area (Å²) in [6.45, 7) is -1.13. The summed E-state index contributed by atoms with van der Waals surface area (Å²) in [5.74, 6) is -2.19. The molecule has 0 N–H and O–H groups in total. The first-order valence-electron chi connectivity index (χ1n) is 11.8. The van der Waals surface area contributed by atoms with Crippen LogP contribution in [0.4, 0.5) is 35.1 Å². The lowest BCUT2D eigenvalue weighted by atomic mass is 9.90. The zero-order valence-corrected chi connectivity index (χ0v) is 22.6. The second-order valence-electron chi connectivity index (χ2n) is 9.97. The quantitative estimate of drug-likeness (QED) is 0.355. The van der Waals surface area contributed by atoms with Gasteiger partial charge in [0.25, 0.3) is 0 Å². The fraction of sp³-hybridized carbons (Fsp3) is 0.458. The van der Waals surface area contributed by atoms with Crippen molar-refractivity contribution in [1.29, 1.82) is 0 Å². The molecule has 2 fully saturated rings. The molecule has 0 radical (unpaired) electrons. The summed E-state index contributed by atoms with van der Waals surface area (Å²) in [6.07, 6.45) is -12.2. The largest absolute Gasteiger partial charge is 0.435 e. The van der Waals surface area contributed by atoms with Crippen molar-refractivity contribution in [2.45, 2.75) is 34.1 Å². The van der Waals surface area contributed by atoms with Crippen LogP contribution >= 0.6 is 0 Å². The number of halogens is 8. The van der Waals surface area contributed by atoms with E-state index >= 15 is 0 Å². The molecule has 2 aliphatic heterocycles. The van der Waals surface area contributed by atoms with Crippen molar-refractivity contribution in [3.8, 4) is 0 Å². The minimum absolute atomic E-state index is 0.159. The van der Waals surface area contributed by atoms with Gasteiger partial charge in [0.1, 0.15) is 10.6 Å². The van der Waals surface area contributed by atoms with Gasteiger partial charge >= 0.3 is 18.0 Å². The zero-order valence-electron chi connectivity index (χ0n) is 21.0. The molecule has 2 aromatic carbocycles. The van der Waals surface area contributed by atoms with Crippen molar-refractivity contribution in [2.24, 2.45) is 5.92 Å². The number of rotatable bonds is 6. The van der Waals surface area contributed by atoms with Gasteiger partial charge < -0.3 is 4.90 Å². The number of amides is 1. The molecule has 1 amide bonds. The number of likely N-dealkylation sites (tertiary alicyclic amines) is 1. The van der Waals surface area contributed by atoms with E-state index in [1.165, 1.54) is 0 Å². The van der Waals surface area contributed by atoms with Crippen LogP contribution in [-0.4, -0.2) is 76.7 Å². The van der Waals surface area contributed by atoms with E-state index in [4.69, 9.17) is 0 Å². The van der Waals surface area contributed by atoms with Crippen LogP contribution in [0.25, 0.3) is 0 Å². The van der Waals surface area contributed by atoms with E-state index in [-0.39, 0.29) is 43.8 Å². The second kappa shape index (κ2) is 9.90. The number of carbonyl (C=O) groups excluding carboxylic acids is 1. The minimum Gasteiger partial charge on any atom is -0.340 e. The number of alkyl halides is 7. The molecule has 0 unspecified atom stereocenters. The Labute approximate surface area is 229 Å². The molecule has 1 atom stereocenters. The molecule has 2 aromatic rings. The molecule has 17 heteroatoms. The van der Waals surface area contributed by atoms with E-state index < -0.39 is 77.3 Å². The van der Waals surface area contributed by atoms with Gasteiger partial charge in [-0.25, -0.2) is 29.9 Å². The summed E-state index contributed by atoms with van der Waals surface area (Å²) in [5, 5.41) is 0. The van der Waals surface area contributed by atoms with Gasteiger partial charge in [-0.1, -0.05) is 24.3 Å². The Bertz CT molecular complexity index is 1520. The van der Waals surface area contributed by atoms with E-state index in [1.807, 2.05) is 0 Å². The molecule has 2 aliphatic rings. The van der Waals surface area contributed by atoms with Crippen molar-refractivity contribution in [3.63, 3.8) is 0 Å². The molecule has 0 aliphatic carbocycles. The number of benzene rings is 2. The van der Waals surface area contributed by atoms with Gasteiger partial charge in [0.05, 0.1) is 17.1 Å². The third-order valence-corrected chi connectivity index (χ3v) is 11.2. The van der Waals surface area contributed by atoms with Crippen molar-refractivity contribution in [1.82, 2.24) is 9.21 Å². The number of hydrogen-bond acceptors (Lipinski definition) is 5. The Hall–Kier alpha value is -2.79. The number of sulfonamides is 1. The highest BCUT2D eigenvalue weighted by Gasteiger charge is 2.73. The van der Waals surface area contributed by atoms with E-state index in [9.17, 15) is 56.8 Å². The molecule has 0 saturated carbocycles. The summed E-state index contributed by atoms with van der Waals surface area (Å²) in [7, 11) is -8.17. The maximum Gasteiger partial charge on any atom is 0.435 e. The Morgan fingerprint density at radius 2 is 1.37 bits per heavy atom. The van der Waals surface area contributed by atoms with Crippen LogP contribution < -0.4 is 0 Å². The topological polar surface area (TPSA) is 91.8 Å². The number of hydrogen-bond donors (Lipinski definition) is 0. The van der Waals surface area contributed by atoms with Gasteiger partial charge in [0, 0.05) is 31.7 Å². The molecule has 2 heterocycles. The third-order valence-electron chi connectivity index (χ3n) is 7.44.